The van der Waals surface area contributed by atoms with Crippen LogP contribution in [0.1, 0.15) is 31.7 Å². The zero-order valence-electron chi connectivity index (χ0n) is 11.4. The van der Waals surface area contributed by atoms with Crippen molar-refractivity contribution >= 4 is 34.0 Å². The van der Waals surface area contributed by atoms with E-state index in [1.54, 1.807) is 12.1 Å². The molecule has 0 spiro atoms. The Morgan fingerprint density at radius 3 is 2.80 bits per heavy atom. The molecule has 0 heterocycles. The predicted molar refractivity (Wildman–Crippen MR) is 83.2 cm³/mol. The van der Waals surface area contributed by atoms with E-state index in [1.165, 1.54) is 6.07 Å². The van der Waals surface area contributed by atoms with E-state index < -0.39 is 5.82 Å². The van der Waals surface area contributed by atoms with Crippen molar-refractivity contribution in [1.82, 2.24) is 0 Å². The molecule has 106 valence electrons. The Kier molecular flexibility index (Phi) is 4.14. The second-order valence-corrected chi connectivity index (χ2v) is 5.24. The SMILES string of the molecule is CCC(C)c1c(NC(=N)N)cc(F)c2c(Cl)cccc12. The number of rotatable bonds is 3. The van der Waals surface area contributed by atoms with Gasteiger partial charge in [0.25, 0.3) is 0 Å². The Morgan fingerprint density at radius 1 is 1.50 bits per heavy atom. The molecule has 0 aromatic heterocycles. The first-order valence-electron chi connectivity index (χ1n) is 6.47. The number of hydrogen-bond acceptors (Lipinski definition) is 1. The highest BCUT2D eigenvalue weighted by molar-refractivity contribution is 6.35. The number of nitrogens with one attached hydrogen (secondary N) is 2. The highest BCUT2D eigenvalue weighted by Crippen LogP contribution is 2.38. The van der Waals surface area contributed by atoms with Crippen molar-refractivity contribution in [2.75, 3.05) is 5.32 Å². The van der Waals surface area contributed by atoms with E-state index in [2.05, 4.69) is 19.2 Å². The molecule has 4 N–H and O–H groups in total. The maximum Gasteiger partial charge on any atom is 0.190 e. The fraction of sp³-hybridized carbons (Fsp3) is 0.267. The Morgan fingerprint density at radius 2 is 2.20 bits per heavy atom. The van der Waals surface area contributed by atoms with E-state index in [0.717, 1.165) is 17.4 Å². The van der Waals surface area contributed by atoms with Gasteiger partial charge in [0.05, 0.1) is 5.02 Å². The summed E-state index contributed by atoms with van der Waals surface area (Å²) < 4.78 is 14.3. The summed E-state index contributed by atoms with van der Waals surface area (Å²) in [4.78, 5) is 0. The zero-order valence-corrected chi connectivity index (χ0v) is 12.2. The summed E-state index contributed by atoms with van der Waals surface area (Å²) >= 11 is 6.11. The van der Waals surface area contributed by atoms with E-state index in [1.807, 2.05) is 6.07 Å². The van der Waals surface area contributed by atoms with Gasteiger partial charge < -0.3 is 11.1 Å². The minimum Gasteiger partial charge on any atom is -0.370 e. The van der Waals surface area contributed by atoms with Crippen LogP contribution < -0.4 is 11.1 Å². The lowest BCUT2D eigenvalue weighted by atomic mass is 9.91. The van der Waals surface area contributed by atoms with E-state index in [-0.39, 0.29) is 11.9 Å². The topological polar surface area (TPSA) is 61.9 Å². The number of nitrogens with two attached hydrogens (primary N) is 1. The van der Waals surface area contributed by atoms with Crippen LogP contribution in [0.5, 0.6) is 0 Å². The molecule has 5 heteroatoms. The van der Waals surface area contributed by atoms with Crippen molar-refractivity contribution in [3.05, 3.63) is 40.7 Å². The number of benzene rings is 2. The molecule has 0 fully saturated rings. The van der Waals surface area contributed by atoms with Crippen LogP contribution in [-0.4, -0.2) is 5.96 Å². The van der Waals surface area contributed by atoms with Gasteiger partial charge in [0, 0.05) is 11.1 Å². The van der Waals surface area contributed by atoms with E-state index in [0.29, 0.717) is 16.1 Å². The van der Waals surface area contributed by atoms with Gasteiger partial charge in [-0.15, -0.1) is 0 Å². The van der Waals surface area contributed by atoms with Crippen LogP contribution in [0.2, 0.25) is 5.02 Å². The molecule has 20 heavy (non-hydrogen) atoms. The maximum atomic E-state index is 14.3. The first kappa shape index (κ1) is 14.6. The molecule has 0 aliphatic rings. The third kappa shape index (κ3) is 2.56. The lowest BCUT2D eigenvalue weighted by Gasteiger charge is -2.19. The molecule has 0 amide bonds. The van der Waals surface area contributed by atoms with Gasteiger partial charge in [0.15, 0.2) is 5.96 Å². The molecule has 0 aliphatic carbocycles. The Balaban J connectivity index is 2.83. The molecule has 0 saturated heterocycles. The quantitative estimate of drug-likeness (QED) is 0.578. The summed E-state index contributed by atoms with van der Waals surface area (Å²) in [6.45, 7) is 4.11. The highest BCUT2D eigenvalue weighted by Gasteiger charge is 2.18. The van der Waals surface area contributed by atoms with Crippen LogP contribution in [0, 0.1) is 11.2 Å². The molecule has 1 atom stereocenters. The third-order valence-corrected chi connectivity index (χ3v) is 3.79. The zero-order chi connectivity index (χ0) is 14.9. The second kappa shape index (κ2) is 5.67. The summed E-state index contributed by atoms with van der Waals surface area (Å²) in [5.74, 6) is -0.435. The Bertz CT molecular complexity index is 670. The minimum atomic E-state index is -0.415. The summed E-state index contributed by atoms with van der Waals surface area (Å²) in [5.41, 5.74) is 6.84. The van der Waals surface area contributed by atoms with Crippen molar-refractivity contribution in [1.29, 1.82) is 5.41 Å². The monoisotopic (exact) mass is 293 g/mol. The molecule has 2 rings (SSSR count). The Labute approximate surface area is 122 Å². The number of halogens is 2. The fourth-order valence-corrected chi connectivity index (χ4v) is 2.66. The van der Waals surface area contributed by atoms with E-state index >= 15 is 0 Å². The van der Waals surface area contributed by atoms with Crippen LogP contribution in [0.4, 0.5) is 10.1 Å². The molecule has 2 aromatic carbocycles. The standard InChI is InChI=1S/C15H17ClFN3/c1-3-8(2)13-9-5-4-6-10(16)14(9)11(17)7-12(13)20-15(18)19/h4-8H,3H2,1-2H3,(H4,18,19,20). The second-order valence-electron chi connectivity index (χ2n) is 4.83. The molecule has 3 nitrogen and oxygen atoms in total. The van der Waals surface area contributed by atoms with Gasteiger partial charge in [-0.05, 0) is 35.4 Å². The van der Waals surface area contributed by atoms with Gasteiger partial charge in [-0.2, -0.15) is 0 Å². The van der Waals surface area contributed by atoms with Gasteiger partial charge in [-0.3, -0.25) is 5.41 Å². The fourth-order valence-electron chi connectivity index (χ4n) is 2.40. The van der Waals surface area contributed by atoms with Crippen LogP contribution in [0.15, 0.2) is 24.3 Å². The first-order chi connectivity index (χ1) is 9.45. The third-order valence-electron chi connectivity index (χ3n) is 3.48. The first-order valence-corrected chi connectivity index (χ1v) is 6.85. The molecule has 0 saturated carbocycles. The van der Waals surface area contributed by atoms with Gasteiger partial charge in [-0.25, -0.2) is 4.39 Å². The van der Waals surface area contributed by atoms with Crippen LogP contribution >= 0.6 is 11.6 Å². The molecule has 0 radical (unpaired) electrons. The van der Waals surface area contributed by atoms with Gasteiger partial charge in [-0.1, -0.05) is 37.6 Å². The van der Waals surface area contributed by atoms with Gasteiger partial charge in [0.1, 0.15) is 5.82 Å². The van der Waals surface area contributed by atoms with Gasteiger partial charge >= 0.3 is 0 Å². The van der Waals surface area contributed by atoms with Crippen molar-refractivity contribution in [3.63, 3.8) is 0 Å². The molecule has 0 aliphatic heterocycles. The molecular weight excluding hydrogens is 277 g/mol. The van der Waals surface area contributed by atoms with E-state index in [9.17, 15) is 4.39 Å². The number of guanidine groups is 1. The molecular formula is C15H17ClFN3. The smallest absolute Gasteiger partial charge is 0.190 e. The summed E-state index contributed by atoms with van der Waals surface area (Å²) in [6, 6.07) is 6.67. The number of hydrogen-bond donors (Lipinski definition) is 3. The van der Waals surface area contributed by atoms with Crippen LogP contribution in [0.3, 0.4) is 0 Å². The van der Waals surface area contributed by atoms with Crippen molar-refractivity contribution in [2.24, 2.45) is 5.73 Å². The molecule has 0 bridgehead atoms. The average Bonchev–Trinajstić information content (AvgIpc) is 2.37. The minimum absolute atomic E-state index is 0.193. The average molecular weight is 294 g/mol. The Hall–Kier alpha value is -1.81. The molecule has 2 aromatic rings. The lowest BCUT2D eigenvalue weighted by Crippen LogP contribution is -2.22. The maximum absolute atomic E-state index is 14.3. The number of fused-ring (bicyclic) bond motifs is 1. The summed E-state index contributed by atoms with van der Waals surface area (Å²) in [6.07, 6.45) is 0.889. The highest BCUT2D eigenvalue weighted by atomic mass is 35.5. The summed E-state index contributed by atoms with van der Waals surface area (Å²) in [7, 11) is 0. The lowest BCUT2D eigenvalue weighted by molar-refractivity contribution is 0.638. The van der Waals surface area contributed by atoms with Gasteiger partial charge in [0.2, 0.25) is 0 Å². The predicted octanol–water partition coefficient (Wildman–Crippen LogP) is 4.45. The summed E-state index contributed by atoms with van der Waals surface area (Å²) in [5, 5.41) is 11.6. The van der Waals surface area contributed by atoms with Crippen LogP contribution in [-0.2, 0) is 0 Å². The van der Waals surface area contributed by atoms with Crippen molar-refractivity contribution in [2.45, 2.75) is 26.2 Å². The largest absolute Gasteiger partial charge is 0.370 e. The normalized spacial score (nSPS) is 12.4. The van der Waals surface area contributed by atoms with E-state index in [4.69, 9.17) is 22.7 Å². The molecule has 1 unspecified atom stereocenters. The van der Waals surface area contributed by atoms with Crippen LogP contribution in [0.25, 0.3) is 10.8 Å². The number of anilines is 1. The van der Waals surface area contributed by atoms with Crippen molar-refractivity contribution in [3.8, 4) is 0 Å². The van der Waals surface area contributed by atoms with Crippen molar-refractivity contribution < 1.29 is 4.39 Å².